The summed E-state index contributed by atoms with van der Waals surface area (Å²) in [5.74, 6) is -0.128. The van der Waals surface area contributed by atoms with Crippen molar-refractivity contribution < 1.29 is 12.8 Å². The summed E-state index contributed by atoms with van der Waals surface area (Å²) in [6.07, 6.45) is 0.612. The SMILES string of the molecule is CCCS(=O)(=O)CCNc1ccc(C)cc1F. The van der Waals surface area contributed by atoms with Crippen LogP contribution >= 0.6 is 0 Å². The molecule has 0 bridgehead atoms. The molecule has 0 atom stereocenters. The van der Waals surface area contributed by atoms with Crippen LogP contribution in [0.5, 0.6) is 0 Å². The Morgan fingerprint density at radius 2 is 2.00 bits per heavy atom. The molecule has 96 valence electrons. The normalized spacial score (nSPS) is 11.5. The second kappa shape index (κ2) is 6.00. The first-order valence-electron chi connectivity index (χ1n) is 5.65. The van der Waals surface area contributed by atoms with Crippen LogP contribution in [-0.2, 0) is 9.84 Å². The predicted molar refractivity (Wildman–Crippen MR) is 68.6 cm³/mol. The largest absolute Gasteiger partial charge is 0.382 e. The number of rotatable bonds is 6. The molecule has 0 aromatic heterocycles. The van der Waals surface area contributed by atoms with Gasteiger partial charge in [0.05, 0.1) is 11.4 Å². The number of nitrogens with one attached hydrogen (secondary N) is 1. The molecule has 0 aliphatic heterocycles. The summed E-state index contributed by atoms with van der Waals surface area (Å²) >= 11 is 0. The maximum absolute atomic E-state index is 13.4. The quantitative estimate of drug-likeness (QED) is 0.853. The Balaban J connectivity index is 2.51. The van der Waals surface area contributed by atoms with Gasteiger partial charge in [0.1, 0.15) is 5.82 Å². The first-order chi connectivity index (χ1) is 7.94. The van der Waals surface area contributed by atoms with Crippen LogP contribution in [0.1, 0.15) is 18.9 Å². The summed E-state index contributed by atoms with van der Waals surface area (Å²) in [4.78, 5) is 0. The van der Waals surface area contributed by atoms with Gasteiger partial charge >= 0.3 is 0 Å². The Labute approximate surface area is 102 Å². The summed E-state index contributed by atoms with van der Waals surface area (Å²) in [5.41, 5.74) is 1.19. The van der Waals surface area contributed by atoms with Crippen LogP contribution in [0, 0.1) is 12.7 Å². The maximum Gasteiger partial charge on any atom is 0.152 e. The summed E-state index contributed by atoms with van der Waals surface area (Å²) < 4.78 is 36.3. The van der Waals surface area contributed by atoms with Gasteiger partial charge in [-0.1, -0.05) is 13.0 Å². The van der Waals surface area contributed by atoms with E-state index in [1.165, 1.54) is 6.07 Å². The molecule has 0 aliphatic rings. The first-order valence-corrected chi connectivity index (χ1v) is 7.47. The minimum absolute atomic E-state index is 0.0359. The van der Waals surface area contributed by atoms with Crippen molar-refractivity contribution in [3.05, 3.63) is 29.6 Å². The Bertz CT molecular complexity index is 471. The number of hydrogen-bond donors (Lipinski definition) is 1. The minimum atomic E-state index is -3.01. The first kappa shape index (κ1) is 14.0. The van der Waals surface area contributed by atoms with Crippen molar-refractivity contribution in [3.8, 4) is 0 Å². The van der Waals surface area contributed by atoms with Gasteiger partial charge in [0.15, 0.2) is 9.84 Å². The van der Waals surface area contributed by atoms with Crippen LogP contribution in [0.4, 0.5) is 10.1 Å². The van der Waals surface area contributed by atoms with Crippen molar-refractivity contribution in [3.63, 3.8) is 0 Å². The zero-order valence-corrected chi connectivity index (χ0v) is 11.0. The summed E-state index contributed by atoms with van der Waals surface area (Å²) in [6.45, 7) is 3.87. The molecular weight excluding hydrogens is 241 g/mol. The molecule has 1 rings (SSSR count). The third-order valence-corrected chi connectivity index (χ3v) is 4.22. The molecule has 0 heterocycles. The molecule has 0 spiro atoms. The van der Waals surface area contributed by atoms with E-state index in [1.54, 1.807) is 19.1 Å². The molecule has 1 N–H and O–H groups in total. The topological polar surface area (TPSA) is 46.2 Å². The van der Waals surface area contributed by atoms with Crippen LogP contribution < -0.4 is 5.32 Å². The molecule has 0 saturated carbocycles. The van der Waals surface area contributed by atoms with E-state index < -0.39 is 9.84 Å². The molecule has 1 aromatic rings. The average molecular weight is 259 g/mol. The molecule has 1 aromatic carbocycles. The standard InChI is InChI=1S/C12H18FNO2S/c1-3-7-17(15,16)8-6-14-12-5-4-10(2)9-11(12)13/h4-5,9,14H,3,6-8H2,1-2H3. The van der Waals surface area contributed by atoms with Crippen molar-refractivity contribution in [2.75, 3.05) is 23.4 Å². The van der Waals surface area contributed by atoms with Gasteiger partial charge in [0.25, 0.3) is 0 Å². The third kappa shape index (κ3) is 4.73. The van der Waals surface area contributed by atoms with E-state index in [-0.39, 0.29) is 23.9 Å². The van der Waals surface area contributed by atoms with Gasteiger partial charge in [-0.15, -0.1) is 0 Å². The van der Waals surface area contributed by atoms with Gasteiger partial charge in [0.2, 0.25) is 0 Å². The molecule has 0 unspecified atom stereocenters. The lowest BCUT2D eigenvalue weighted by Crippen LogP contribution is -2.18. The van der Waals surface area contributed by atoms with Gasteiger partial charge in [-0.3, -0.25) is 0 Å². The summed E-state index contributed by atoms with van der Waals surface area (Å²) in [7, 11) is -3.01. The van der Waals surface area contributed by atoms with Crippen LogP contribution in [0.3, 0.4) is 0 Å². The van der Waals surface area contributed by atoms with Crippen molar-refractivity contribution in [1.82, 2.24) is 0 Å². The summed E-state index contributed by atoms with van der Waals surface area (Å²) in [5, 5.41) is 2.80. The maximum atomic E-state index is 13.4. The second-order valence-electron chi connectivity index (χ2n) is 4.06. The number of hydrogen-bond acceptors (Lipinski definition) is 3. The highest BCUT2D eigenvalue weighted by molar-refractivity contribution is 7.91. The molecule has 0 radical (unpaired) electrons. The smallest absolute Gasteiger partial charge is 0.152 e. The van der Waals surface area contributed by atoms with E-state index in [0.29, 0.717) is 12.1 Å². The fourth-order valence-corrected chi connectivity index (χ4v) is 2.76. The Kier molecular flexibility index (Phi) is 4.93. The van der Waals surface area contributed by atoms with Gasteiger partial charge in [0, 0.05) is 12.3 Å². The monoisotopic (exact) mass is 259 g/mol. The third-order valence-electron chi connectivity index (χ3n) is 2.37. The van der Waals surface area contributed by atoms with Gasteiger partial charge in [-0.25, -0.2) is 12.8 Å². The number of sulfone groups is 1. The number of halogens is 1. The highest BCUT2D eigenvalue weighted by Crippen LogP contribution is 2.14. The molecule has 3 nitrogen and oxygen atoms in total. The van der Waals surface area contributed by atoms with E-state index in [1.807, 2.05) is 6.92 Å². The number of benzene rings is 1. The molecule has 0 aliphatic carbocycles. The van der Waals surface area contributed by atoms with Crippen LogP contribution in [0.2, 0.25) is 0 Å². The van der Waals surface area contributed by atoms with Crippen molar-refractivity contribution in [2.24, 2.45) is 0 Å². The Morgan fingerprint density at radius 1 is 1.29 bits per heavy atom. The number of aryl methyl sites for hydroxylation is 1. The zero-order valence-electron chi connectivity index (χ0n) is 10.2. The fraction of sp³-hybridized carbons (Fsp3) is 0.500. The number of anilines is 1. The summed E-state index contributed by atoms with van der Waals surface area (Å²) in [6, 6.07) is 4.83. The van der Waals surface area contributed by atoms with E-state index >= 15 is 0 Å². The lowest BCUT2D eigenvalue weighted by Gasteiger charge is -2.08. The van der Waals surface area contributed by atoms with Gasteiger partial charge in [-0.05, 0) is 31.0 Å². The lowest BCUT2D eigenvalue weighted by atomic mass is 10.2. The molecule has 5 heteroatoms. The highest BCUT2D eigenvalue weighted by atomic mass is 32.2. The molecule has 0 saturated heterocycles. The van der Waals surface area contributed by atoms with Gasteiger partial charge in [-0.2, -0.15) is 0 Å². The van der Waals surface area contributed by atoms with Gasteiger partial charge < -0.3 is 5.32 Å². The molecule has 0 fully saturated rings. The second-order valence-corrected chi connectivity index (χ2v) is 6.37. The predicted octanol–water partition coefficient (Wildman–Crippen LogP) is 2.37. The van der Waals surface area contributed by atoms with Crippen molar-refractivity contribution in [1.29, 1.82) is 0 Å². The van der Waals surface area contributed by atoms with Crippen LogP contribution in [-0.4, -0.2) is 26.5 Å². The van der Waals surface area contributed by atoms with E-state index in [9.17, 15) is 12.8 Å². The average Bonchev–Trinajstić information content (AvgIpc) is 2.21. The van der Waals surface area contributed by atoms with Crippen LogP contribution in [0.25, 0.3) is 0 Å². The minimum Gasteiger partial charge on any atom is -0.382 e. The van der Waals surface area contributed by atoms with E-state index in [2.05, 4.69) is 5.32 Å². The van der Waals surface area contributed by atoms with Crippen LogP contribution in [0.15, 0.2) is 18.2 Å². The van der Waals surface area contributed by atoms with Crippen molar-refractivity contribution >= 4 is 15.5 Å². The molecular formula is C12H18FNO2S. The highest BCUT2D eigenvalue weighted by Gasteiger charge is 2.09. The van der Waals surface area contributed by atoms with E-state index in [0.717, 1.165) is 5.56 Å². The zero-order chi connectivity index (χ0) is 12.9. The lowest BCUT2D eigenvalue weighted by molar-refractivity contribution is 0.594. The molecule has 0 amide bonds. The molecule has 17 heavy (non-hydrogen) atoms. The van der Waals surface area contributed by atoms with Crippen molar-refractivity contribution in [2.45, 2.75) is 20.3 Å². The van der Waals surface area contributed by atoms with E-state index in [4.69, 9.17) is 0 Å². The fourth-order valence-electron chi connectivity index (χ4n) is 1.52. The Hall–Kier alpha value is -1.10. The Morgan fingerprint density at radius 3 is 2.59 bits per heavy atom.